The van der Waals surface area contributed by atoms with Crippen LogP contribution in [0.15, 0.2) is 48.5 Å². The number of benzene rings is 2. The molecule has 0 spiro atoms. The van der Waals surface area contributed by atoms with Crippen LogP contribution in [0, 0.1) is 12.8 Å². The molecule has 1 aliphatic heterocycles. The summed E-state index contributed by atoms with van der Waals surface area (Å²) < 4.78 is 0. The Morgan fingerprint density at radius 3 is 2.33 bits per heavy atom. The molecule has 1 heterocycles. The second-order valence-corrected chi connectivity index (χ2v) is 8.38. The van der Waals surface area contributed by atoms with Crippen LogP contribution in [0.3, 0.4) is 0 Å². The molecule has 1 aliphatic rings. The molecular formula is C24H31NO2. The highest BCUT2D eigenvalue weighted by Crippen LogP contribution is 2.31. The summed E-state index contributed by atoms with van der Waals surface area (Å²) in [6, 6.07) is 15.7. The van der Waals surface area contributed by atoms with Gasteiger partial charge < -0.3 is 10.0 Å². The molecule has 27 heavy (non-hydrogen) atoms. The van der Waals surface area contributed by atoms with E-state index in [1.54, 1.807) is 12.1 Å². The van der Waals surface area contributed by atoms with Gasteiger partial charge in [0.15, 0.2) is 0 Å². The van der Waals surface area contributed by atoms with Crippen LogP contribution in [0.1, 0.15) is 49.8 Å². The smallest absolute Gasteiger partial charge is 0.232 e. The van der Waals surface area contributed by atoms with Gasteiger partial charge in [0.1, 0.15) is 5.75 Å². The van der Waals surface area contributed by atoms with Crippen molar-refractivity contribution in [2.75, 3.05) is 13.1 Å². The first-order valence-electron chi connectivity index (χ1n) is 10.0. The highest BCUT2D eigenvalue weighted by Gasteiger charge is 2.36. The maximum Gasteiger partial charge on any atom is 0.232 e. The number of aryl methyl sites for hydroxylation is 2. The first-order valence-corrected chi connectivity index (χ1v) is 10.0. The van der Waals surface area contributed by atoms with Crippen molar-refractivity contribution < 1.29 is 9.90 Å². The van der Waals surface area contributed by atoms with Crippen LogP contribution >= 0.6 is 0 Å². The molecule has 1 amide bonds. The van der Waals surface area contributed by atoms with E-state index in [0.717, 1.165) is 44.3 Å². The molecule has 3 rings (SSSR count). The van der Waals surface area contributed by atoms with Crippen molar-refractivity contribution in [3.05, 3.63) is 65.2 Å². The van der Waals surface area contributed by atoms with Gasteiger partial charge in [0.05, 0.1) is 5.41 Å². The number of phenolic OH excluding ortho intramolecular Hbond substituents is 1. The molecule has 2 aromatic carbocycles. The van der Waals surface area contributed by atoms with Crippen LogP contribution in [-0.4, -0.2) is 29.0 Å². The Morgan fingerprint density at radius 2 is 1.70 bits per heavy atom. The van der Waals surface area contributed by atoms with Gasteiger partial charge in [-0.2, -0.15) is 0 Å². The number of likely N-dealkylation sites (tertiary alicyclic amines) is 1. The lowest BCUT2D eigenvalue weighted by Gasteiger charge is -2.37. The van der Waals surface area contributed by atoms with E-state index >= 15 is 0 Å². The van der Waals surface area contributed by atoms with Gasteiger partial charge in [0, 0.05) is 13.1 Å². The summed E-state index contributed by atoms with van der Waals surface area (Å²) in [6.45, 7) is 7.89. The van der Waals surface area contributed by atoms with Crippen molar-refractivity contribution in [3.63, 3.8) is 0 Å². The Balaban J connectivity index is 1.54. The van der Waals surface area contributed by atoms with E-state index in [1.165, 1.54) is 11.1 Å². The SMILES string of the molecule is Cc1ccccc1C(C)(C)C(=O)N1CCC(CCc2ccc(O)cc2)CC1. The van der Waals surface area contributed by atoms with Gasteiger partial charge in [-0.1, -0.05) is 36.4 Å². The second-order valence-electron chi connectivity index (χ2n) is 8.38. The van der Waals surface area contributed by atoms with E-state index < -0.39 is 5.41 Å². The van der Waals surface area contributed by atoms with Crippen molar-refractivity contribution in [1.82, 2.24) is 4.90 Å². The first-order chi connectivity index (χ1) is 12.9. The lowest BCUT2D eigenvalue weighted by molar-refractivity contribution is -0.137. The molecule has 3 heteroatoms. The maximum atomic E-state index is 13.2. The predicted molar refractivity (Wildman–Crippen MR) is 110 cm³/mol. The van der Waals surface area contributed by atoms with Gasteiger partial charge in [-0.3, -0.25) is 4.79 Å². The Morgan fingerprint density at radius 1 is 1.07 bits per heavy atom. The van der Waals surface area contributed by atoms with E-state index in [9.17, 15) is 9.90 Å². The van der Waals surface area contributed by atoms with Crippen molar-refractivity contribution >= 4 is 5.91 Å². The largest absolute Gasteiger partial charge is 0.508 e. The molecule has 0 atom stereocenters. The Hall–Kier alpha value is -2.29. The quantitative estimate of drug-likeness (QED) is 0.823. The Bertz CT molecular complexity index is 771. The van der Waals surface area contributed by atoms with E-state index in [0.29, 0.717) is 11.7 Å². The molecule has 0 bridgehead atoms. The molecular weight excluding hydrogens is 334 g/mol. The van der Waals surface area contributed by atoms with Crippen molar-refractivity contribution in [2.24, 2.45) is 5.92 Å². The summed E-state index contributed by atoms with van der Waals surface area (Å²) in [5.41, 5.74) is 3.10. The lowest BCUT2D eigenvalue weighted by atomic mass is 9.80. The maximum absolute atomic E-state index is 13.2. The van der Waals surface area contributed by atoms with Crippen LogP contribution in [-0.2, 0) is 16.6 Å². The van der Waals surface area contributed by atoms with Crippen LogP contribution < -0.4 is 0 Å². The van der Waals surface area contributed by atoms with Crippen LogP contribution in [0.5, 0.6) is 5.75 Å². The molecule has 0 aromatic heterocycles. The number of carbonyl (C=O) groups excluding carboxylic acids is 1. The van der Waals surface area contributed by atoms with E-state index in [-0.39, 0.29) is 5.91 Å². The average Bonchev–Trinajstić information content (AvgIpc) is 2.67. The number of phenols is 1. The molecule has 3 nitrogen and oxygen atoms in total. The molecule has 0 unspecified atom stereocenters. The Kier molecular flexibility index (Phi) is 5.88. The van der Waals surface area contributed by atoms with Crippen molar-refractivity contribution in [3.8, 4) is 5.75 Å². The van der Waals surface area contributed by atoms with Crippen molar-refractivity contribution in [1.29, 1.82) is 0 Å². The fourth-order valence-corrected chi connectivity index (χ4v) is 4.24. The highest BCUT2D eigenvalue weighted by molar-refractivity contribution is 5.87. The Labute approximate surface area is 163 Å². The molecule has 1 fully saturated rings. The molecule has 144 valence electrons. The zero-order valence-electron chi connectivity index (χ0n) is 16.7. The summed E-state index contributed by atoms with van der Waals surface area (Å²) in [5.74, 6) is 1.24. The van der Waals surface area contributed by atoms with Crippen molar-refractivity contribution in [2.45, 2.75) is 51.9 Å². The minimum Gasteiger partial charge on any atom is -0.508 e. The van der Waals surface area contributed by atoms with Gasteiger partial charge in [0.2, 0.25) is 5.91 Å². The number of hydrogen-bond donors (Lipinski definition) is 1. The fourth-order valence-electron chi connectivity index (χ4n) is 4.24. The fraction of sp³-hybridized carbons (Fsp3) is 0.458. The summed E-state index contributed by atoms with van der Waals surface area (Å²) >= 11 is 0. The molecule has 0 aliphatic carbocycles. The molecule has 0 saturated carbocycles. The topological polar surface area (TPSA) is 40.5 Å². The standard InChI is InChI=1S/C24H31NO2/c1-18-6-4-5-7-22(18)24(2,3)23(27)25-16-14-20(15-17-25)9-8-19-10-12-21(26)13-11-19/h4-7,10-13,20,26H,8-9,14-17H2,1-3H3. The minimum atomic E-state index is -0.482. The zero-order chi connectivity index (χ0) is 19.4. The number of nitrogens with zero attached hydrogens (tertiary/aromatic N) is 1. The van der Waals surface area contributed by atoms with E-state index in [4.69, 9.17) is 0 Å². The summed E-state index contributed by atoms with van der Waals surface area (Å²) in [6.07, 6.45) is 4.34. The number of carbonyl (C=O) groups is 1. The summed E-state index contributed by atoms with van der Waals surface area (Å²) in [4.78, 5) is 15.3. The normalized spacial score (nSPS) is 15.7. The molecule has 1 saturated heterocycles. The van der Waals surface area contributed by atoms with E-state index in [1.807, 2.05) is 24.3 Å². The van der Waals surface area contributed by atoms with E-state index in [2.05, 4.69) is 37.8 Å². The predicted octanol–water partition coefficient (Wildman–Crippen LogP) is 4.85. The van der Waals surface area contributed by atoms with Gasteiger partial charge >= 0.3 is 0 Å². The van der Waals surface area contributed by atoms with Crippen LogP contribution in [0.25, 0.3) is 0 Å². The number of amides is 1. The molecule has 1 N–H and O–H groups in total. The summed E-state index contributed by atoms with van der Waals surface area (Å²) in [5, 5.41) is 9.38. The highest BCUT2D eigenvalue weighted by atomic mass is 16.3. The lowest BCUT2D eigenvalue weighted by Crippen LogP contribution is -2.47. The average molecular weight is 366 g/mol. The number of hydrogen-bond acceptors (Lipinski definition) is 2. The monoisotopic (exact) mass is 365 g/mol. The third-order valence-corrected chi connectivity index (χ3v) is 6.03. The summed E-state index contributed by atoms with van der Waals surface area (Å²) in [7, 11) is 0. The number of aromatic hydroxyl groups is 1. The number of rotatable bonds is 5. The third kappa shape index (κ3) is 4.52. The minimum absolute atomic E-state index is 0.244. The van der Waals surface area contributed by atoms with Gasteiger partial charge in [-0.25, -0.2) is 0 Å². The number of piperidine rings is 1. The molecule has 0 radical (unpaired) electrons. The first kappa shape index (κ1) is 19.5. The van der Waals surface area contributed by atoms with Gasteiger partial charge in [-0.05, 0) is 81.2 Å². The third-order valence-electron chi connectivity index (χ3n) is 6.03. The van der Waals surface area contributed by atoms with Crippen LogP contribution in [0.2, 0.25) is 0 Å². The van der Waals surface area contributed by atoms with Crippen LogP contribution in [0.4, 0.5) is 0 Å². The van der Waals surface area contributed by atoms with Gasteiger partial charge in [0.25, 0.3) is 0 Å². The van der Waals surface area contributed by atoms with Gasteiger partial charge in [-0.15, -0.1) is 0 Å². The second kappa shape index (κ2) is 8.16. The zero-order valence-corrected chi connectivity index (χ0v) is 16.7. The molecule has 2 aromatic rings.